The monoisotopic (exact) mass is 322 g/mol. The van der Waals surface area contributed by atoms with E-state index in [1.165, 1.54) is 29.2 Å². The van der Waals surface area contributed by atoms with Gasteiger partial charge in [0.05, 0.1) is 12.5 Å². The molecule has 0 spiro atoms. The molecule has 1 rings (SSSR count). The van der Waals surface area contributed by atoms with Crippen molar-refractivity contribution in [2.75, 3.05) is 13.1 Å². The number of amides is 2. The summed E-state index contributed by atoms with van der Waals surface area (Å²) in [7, 11) is -1.78. The third-order valence-electron chi connectivity index (χ3n) is 3.28. The van der Waals surface area contributed by atoms with E-state index >= 15 is 0 Å². The molecule has 0 aromatic heterocycles. The highest BCUT2D eigenvalue weighted by molar-refractivity contribution is 6.43. The molecule has 0 heterocycles. The van der Waals surface area contributed by atoms with Gasteiger partial charge in [-0.25, -0.2) is 4.39 Å². The quantitative estimate of drug-likeness (QED) is 0.460. The Balaban J connectivity index is 2.68. The van der Waals surface area contributed by atoms with Crippen molar-refractivity contribution in [1.82, 2.24) is 10.2 Å². The van der Waals surface area contributed by atoms with Gasteiger partial charge in [0, 0.05) is 6.54 Å². The van der Waals surface area contributed by atoms with Crippen molar-refractivity contribution in [2.24, 2.45) is 0 Å². The average molecular weight is 322 g/mol. The minimum absolute atomic E-state index is 0.116. The molecule has 1 aromatic carbocycles. The molecular formula is C15H20BFN2O4. The van der Waals surface area contributed by atoms with E-state index in [-0.39, 0.29) is 18.9 Å². The Morgan fingerprint density at radius 2 is 2.00 bits per heavy atom. The normalized spacial score (nSPS) is 11.5. The van der Waals surface area contributed by atoms with Gasteiger partial charge in [0.25, 0.3) is 0 Å². The van der Waals surface area contributed by atoms with Gasteiger partial charge in [0.1, 0.15) is 5.82 Å². The van der Waals surface area contributed by atoms with E-state index in [1.807, 2.05) is 0 Å². The number of benzene rings is 1. The lowest BCUT2D eigenvalue weighted by atomic mass is 9.76. The first-order valence-corrected chi connectivity index (χ1v) is 7.18. The second kappa shape index (κ2) is 9.07. The molecule has 124 valence electrons. The summed E-state index contributed by atoms with van der Waals surface area (Å²) in [6.45, 7) is 5.18. The molecule has 0 bridgehead atoms. The Hall–Kier alpha value is -2.19. The third kappa shape index (κ3) is 6.21. The summed E-state index contributed by atoms with van der Waals surface area (Å²) in [5.41, 5.74) is 0.638. The molecule has 3 N–H and O–H groups in total. The van der Waals surface area contributed by atoms with Crippen LogP contribution in [0, 0.1) is 5.82 Å². The summed E-state index contributed by atoms with van der Waals surface area (Å²) in [5.74, 6) is -2.28. The highest BCUT2D eigenvalue weighted by Gasteiger charge is 2.26. The number of nitrogens with one attached hydrogen (secondary N) is 1. The number of likely N-dealkylation sites (N-methyl/N-ethyl adjacent to an activating group) is 1. The second-order valence-electron chi connectivity index (χ2n) is 4.97. The van der Waals surface area contributed by atoms with Gasteiger partial charge in [-0.15, -0.1) is 0 Å². The summed E-state index contributed by atoms with van der Waals surface area (Å²) in [4.78, 5) is 24.8. The maximum atomic E-state index is 12.9. The molecule has 2 amide bonds. The number of carbonyl (C=O) groups is 2. The van der Waals surface area contributed by atoms with Crippen LogP contribution in [0.15, 0.2) is 36.9 Å². The van der Waals surface area contributed by atoms with Crippen LogP contribution in [-0.2, 0) is 16.0 Å². The summed E-state index contributed by atoms with van der Waals surface area (Å²) >= 11 is 0. The van der Waals surface area contributed by atoms with E-state index in [2.05, 4.69) is 11.9 Å². The van der Waals surface area contributed by atoms with Crippen molar-refractivity contribution in [3.05, 3.63) is 48.3 Å². The van der Waals surface area contributed by atoms with E-state index < -0.39 is 24.8 Å². The lowest BCUT2D eigenvalue weighted by Gasteiger charge is -2.22. The van der Waals surface area contributed by atoms with Crippen molar-refractivity contribution >= 4 is 18.9 Å². The van der Waals surface area contributed by atoms with Gasteiger partial charge in [0.2, 0.25) is 11.8 Å². The summed E-state index contributed by atoms with van der Waals surface area (Å²) in [5, 5.41) is 21.2. The number of carbonyl (C=O) groups excluding carboxylic acids is 2. The Morgan fingerprint density at radius 3 is 2.48 bits per heavy atom. The van der Waals surface area contributed by atoms with Crippen LogP contribution in [-0.4, -0.2) is 52.9 Å². The van der Waals surface area contributed by atoms with Gasteiger partial charge in [-0.2, -0.15) is 0 Å². The molecule has 0 fully saturated rings. The van der Waals surface area contributed by atoms with Crippen LogP contribution >= 0.6 is 0 Å². The molecule has 8 heteroatoms. The van der Waals surface area contributed by atoms with Crippen LogP contribution in [0.25, 0.3) is 0 Å². The molecule has 0 saturated carbocycles. The van der Waals surface area contributed by atoms with Gasteiger partial charge in [0.15, 0.2) is 0 Å². The molecule has 0 aliphatic carbocycles. The second-order valence-corrected chi connectivity index (χ2v) is 4.97. The van der Waals surface area contributed by atoms with Gasteiger partial charge in [-0.1, -0.05) is 18.7 Å². The van der Waals surface area contributed by atoms with Gasteiger partial charge in [-0.3, -0.25) is 9.59 Å². The van der Waals surface area contributed by atoms with E-state index in [0.29, 0.717) is 12.1 Å². The van der Waals surface area contributed by atoms with Crippen molar-refractivity contribution in [3.8, 4) is 0 Å². The van der Waals surface area contributed by atoms with Crippen molar-refractivity contribution < 1.29 is 24.0 Å². The highest BCUT2D eigenvalue weighted by atomic mass is 19.1. The molecule has 0 aliphatic rings. The van der Waals surface area contributed by atoms with Crippen LogP contribution < -0.4 is 5.32 Å². The number of rotatable bonds is 8. The Kier molecular flexibility index (Phi) is 7.44. The van der Waals surface area contributed by atoms with Gasteiger partial charge in [-0.05, 0) is 37.1 Å². The smallest absolute Gasteiger partial charge is 0.426 e. The lowest BCUT2D eigenvalue weighted by Crippen LogP contribution is -2.51. The minimum Gasteiger partial charge on any atom is -0.426 e. The molecule has 6 nitrogen and oxygen atoms in total. The third-order valence-corrected chi connectivity index (χ3v) is 3.28. The predicted molar refractivity (Wildman–Crippen MR) is 84.7 cm³/mol. The van der Waals surface area contributed by atoms with Gasteiger partial charge >= 0.3 is 7.12 Å². The minimum atomic E-state index is -1.78. The van der Waals surface area contributed by atoms with Crippen LogP contribution in [0.5, 0.6) is 0 Å². The van der Waals surface area contributed by atoms with Crippen molar-refractivity contribution in [3.63, 3.8) is 0 Å². The Labute approximate surface area is 134 Å². The fourth-order valence-corrected chi connectivity index (χ4v) is 2.01. The molecule has 0 aliphatic heterocycles. The fourth-order valence-electron chi connectivity index (χ4n) is 2.01. The molecule has 23 heavy (non-hydrogen) atoms. The SMILES string of the molecule is C=CC(=O)N(CC)CC(=O)NC(Cc1ccc(F)cc1)B(O)O. The average Bonchev–Trinajstić information content (AvgIpc) is 2.53. The number of hydrogen-bond acceptors (Lipinski definition) is 4. The van der Waals surface area contributed by atoms with Gasteiger partial charge < -0.3 is 20.3 Å². The maximum absolute atomic E-state index is 12.9. The zero-order valence-electron chi connectivity index (χ0n) is 12.9. The summed E-state index contributed by atoms with van der Waals surface area (Å²) in [6, 6.07) is 5.49. The first-order valence-electron chi connectivity index (χ1n) is 7.18. The Bertz CT molecular complexity index is 551. The van der Waals surface area contributed by atoms with Crippen LogP contribution in [0.4, 0.5) is 4.39 Å². The number of halogens is 1. The number of hydrogen-bond donors (Lipinski definition) is 3. The van der Waals surface area contributed by atoms with E-state index in [0.717, 1.165) is 6.08 Å². The van der Waals surface area contributed by atoms with Crippen LogP contribution in [0.1, 0.15) is 12.5 Å². The molecule has 1 atom stereocenters. The zero-order valence-corrected chi connectivity index (χ0v) is 12.9. The summed E-state index contributed by atoms with van der Waals surface area (Å²) in [6.07, 6.45) is 1.22. The van der Waals surface area contributed by atoms with E-state index in [9.17, 15) is 24.0 Å². The number of nitrogens with zero attached hydrogens (tertiary/aromatic N) is 1. The maximum Gasteiger partial charge on any atom is 0.475 e. The van der Waals surface area contributed by atoms with Crippen molar-refractivity contribution in [2.45, 2.75) is 19.3 Å². The first-order chi connectivity index (χ1) is 10.9. The van der Waals surface area contributed by atoms with E-state index in [1.54, 1.807) is 6.92 Å². The fraction of sp³-hybridized carbons (Fsp3) is 0.333. The standard InChI is InChI=1S/C15H20BFN2O4/c1-3-15(21)19(4-2)10-14(20)18-13(16(22)23)9-11-5-7-12(17)8-6-11/h3,5-8,13,22-23H,1,4,9-10H2,2H3,(H,18,20). The van der Waals surface area contributed by atoms with Crippen molar-refractivity contribution in [1.29, 1.82) is 0 Å². The molecular weight excluding hydrogens is 302 g/mol. The largest absolute Gasteiger partial charge is 0.475 e. The van der Waals surface area contributed by atoms with Crippen LogP contribution in [0.2, 0.25) is 0 Å². The zero-order chi connectivity index (χ0) is 17.4. The topological polar surface area (TPSA) is 89.9 Å². The molecule has 1 unspecified atom stereocenters. The molecule has 0 radical (unpaired) electrons. The lowest BCUT2D eigenvalue weighted by molar-refractivity contribution is -0.132. The molecule has 1 aromatic rings. The highest BCUT2D eigenvalue weighted by Crippen LogP contribution is 2.07. The van der Waals surface area contributed by atoms with Crippen LogP contribution in [0.3, 0.4) is 0 Å². The van der Waals surface area contributed by atoms with E-state index in [4.69, 9.17) is 0 Å². The first kappa shape index (κ1) is 18.9. The molecule has 0 saturated heterocycles. The Morgan fingerprint density at radius 1 is 1.39 bits per heavy atom. The predicted octanol–water partition coefficient (Wildman–Crippen LogP) is -0.100. The summed E-state index contributed by atoms with van der Waals surface area (Å²) < 4.78 is 12.9.